The summed E-state index contributed by atoms with van der Waals surface area (Å²) in [6.45, 7) is 0. The standard InChI is InChI=1S/C11H14O5/c1-14-8-6-4-5-7(9(8)15-2)10(16-3)11(12)13/h4-6,10H,1-3H3,(H,12,13). The van der Waals surface area contributed by atoms with Crippen molar-refractivity contribution in [2.24, 2.45) is 0 Å². The van der Waals surface area contributed by atoms with Gasteiger partial charge in [0.05, 0.1) is 14.2 Å². The van der Waals surface area contributed by atoms with Crippen LogP contribution in [0.1, 0.15) is 11.7 Å². The van der Waals surface area contributed by atoms with Crippen LogP contribution in [0.5, 0.6) is 11.5 Å². The van der Waals surface area contributed by atoms with E-state index in [2.05, 4.69) is 0 Å². The lowest BCUT2D eigenvalue weighted by atomic mass is 10.1. The van der Waals surface area contributed by atoms with Gasteiger partial charge in [-0.3, -0.25) is 0 Å². The molecule has 1 rings (SSSR count). The highest BCUT2D eigenvalue weighted by Crippen LogP contribution is 2.35. The highest BCUT2D eigenvalue weighted by molar-refractivity contribution is 5.76. The van der Waals surface area contributed by atoms with E-state index < -0.39 is 12.1 Å². The average Bonchev–Trinajstić information content (AvgIpc) is 2.29. The zero-order valence-corrected chi connectivity index (χ0v) is 9.39. The topological polar surface area (TPSA) is 65.0 Å². The number of rotatable bonds is 5. The molecule has 5 nitrogen and oxygen atoms in total. The number of ether oxygens (including phenoxy) is 3. The van der Waals surface area contributed by atoms with E-state index in [0.29, 0.717) is 17.1 Å². The van der Waals surface area contributed by atoms with Gasteiger partial charge < -0.3 is 19.3 Å². The Morgan fingerprint density at radius 3 is 2.38 bits per heavy atom. The third kappa shape index (κ3) is 2.25. The van der Waals surface area contributed by atoms with E-state index in [-0.39, 0.29) is 0 Å². The molecule has 1 N–H and O–H groups in total. The highest BCUT2D eigenvalue weighted by atomic mass is 16.5. The molecule has 1 unspecified atom stereocenters. The molecule has 1 aromatic rings. The van der Waals surface area contributed by atoms with Crippen LogP contribution >= 0.6 is 0 Å². The van der Waals surface area contributed by atoms with Crippen molar-refractivity contribution in [3.63, 3.8) is 0 Å². The first-order valence-electron chi connectivity index (χ1n) is 4.62. The van der Waals surface area contributed by atoms with Gasteiger partial charge in [0.1, 0.15) is 0 Å². The summed E-state index contributed by atoms with van der Waals surface area (Å²) >= 11 is 0. The largest absolute Gasteiger partial charge is 0.493 e. The number of carboxylic acid groups (broad SMARTS) is 1. The molecule has 0 saturated heterocycles. The summed E-state index contributed by atoms with van der Waals surface area (Å²) in [7, 11) is 4.28. The van der Waals surface area contributed by atoms with Gasteiger partial charge >= 0.3 is 5.97 Å². The Morgan fingerprint density at radius 1 is 1.25 bits per heavy atom. The van der Waals surface area contributed by atoms with Crippen LogP contribution < -0.4 is 9.47 Å². The predicted octanol–water partition coefficient (Wildman–Crippen LogP) is 1.48. The van der Waals surface area contributed by atoms with Gasteiger partial charge in [-0.2, -0.15) is 0 Å². The molecule has 0 bridgehead atoms. The normalized spacial score (nSPS) is 11.9. The number of para-hydroxylation sites is 1. The van der Waals surface area contributed by atoms with Crippen LogP contribution in [0, 0.1) is 0 Å². The van der Waals surface area contributed by atoms with E-state index in [1.807, 2.05) is 0 Å². The van der Waals surface area contributed by atoms with Crippen molar-refractivity contribution in [2.45, 2.75) is 6.10 Å². The molecule has 0 fully saturated rings. The Bertz CT molecular complexity index is 375. The number of aliphatic carboxylic acids is 1. The van der Waals surface area contributed by atoms with Crippen LogP contribution in [0.15, 0.2) is 18.2 Å². The molecule has 0 aliphatic heterocycles. The third-order valence-corrected chi connectivity index (χ3v) is 2.18. The molecule has 0 amide bonds. The van der Waals surface area contributed by atoms with Gasteiger partial charge in [-0.25, -0.2) is 4.79 Å². The molecule has 0 heterocycles. The van der Waals surface area contributed by atoms with Crippen molar-refractivity contribution < 1.29 is 24.1 Å². The Balaban J connectivity index is 3.25. The van der Waals surface area contributed by atoms with Gasteiger partial charge in [-0.1, -0.05) is 12.1 Å². The first-order valence-corrected chi connectivity index (χ1v) is 4.62. The Morgan fingerprint density at radius 2 is 1.94 bits per heavy atom. The molecule has 1 atom stereocenters. The van der Waals surface area contributed by atoms with E-state index in [1.54, 1.807) is 18.2 Å². The van der Waals surface area contributed by atoms with Gasteiger partial charge in [0.15, 0.2) is 17.6 Å². The summed E-state index contributed by atoms with van der Waals surface area (Å²) in [5, 5.41) is 8.99. The second-order valence-electron chi connectivity index (χ2n) is 3.04. The Kier molecular flexibility index (Phi) is 4.13. The summed E-state index contributed by atoms with van der Waals surface area (Å²) in [6, 6.07) is 5.01. The molecule has 1 aromatic carbocycles. The number of hydrogen-bond donors (Lipinski definition) is 1. The van der Waals surface area contributed by atoms with E-state index in [0.717, 1.165) is 0 Å². The molecule has 0 radical (unpaired) electrons. The zero-order valence-electron chi connectivity index (χ0n) is 9.39. The minimum Gasteiger partial charge on any atom is -0.493 e. The zero-order chi connectivity index (χ0) is 12.1. The molecular formula is C11H14O5. The van der Waals surface area contributed by atoms with Crippen LogP contribution in [-0.2, 0) is 9.53 Å². The Hall–Kier alpha value is -1.75. The maximum atomic E-state index is 11.0. The summed E-state index contributed by atoms with van der Waals surface area (Å²) in [4.78, 5) is 11.0. The fourth-order valence-electron chi connectivity index (χ4n) is 1.48. The lowest BCUT2D eigenvalue weighted by Crippen LogP contribution is -2.14. The van der Waals surface area contributed by atoms with Crippen molar-refractivity contribution in [1.29, 1.82) is 0 Å². The first kappa shape index (κ1) is 12.3. The van der Waals surface area contributed by atoms with Crippen LogP contribution in [0.2, 0.25) is 0 Å². The summed E-state index contributed by atoms with van der Waals surface area (Å²) < 4.78 is 15.1. The van der Waals surface area contributed by atoms with Crippen molar-refractivity contribution in [2.75, 3.05) is 21.3 Å². The minimum atomic E-state index is -1.07. The smallest absolute Gasteiger partial charge is 0.337 e. The van der Waals surface area contributed by atoms with Crippen molar-refractivity contribution in [3.05, 3.63) is 23.8 Å². The summed E-state index contributed by atoms with van der Waals surface area (Å²) in [6.07, 6.45) is -1.06. The van der Waals surface area contributed by atoms with Crippen molar-refractivity contribution >= 4 is 5.97 Å². The SMILES string of the molecule is COc1cccc(C(OC)C(=O)O)c1OC. The van der Waals surface area contributed by atoms with Crippen LogP contribution in [0.25, 0.3) is 0 Å². The highest BCUT2D eigenvalue weighted by Gasteiger charge is 2.24. The molecule has 0 aliphatic rings. The van der Waals surface area contributed by atoms with E-state index in [1.165, 1.54) is 21.3 Å². The third-order valence-electron chi connectivity index (χ3n) is 2.18. The Labute approximate surface area is 93.6 Å². The second-order valence-corrected chi connectivity index (χ2v) is 3.04. The fraction of sp³-hybridized carbons (Fsp3) is 0.364. The number of carbonyl (C=O) groups is 1. The van der Waals surface area contributed by atoms with E-state index in [9.17, 15) is 4.79 Å². The van der Waals surface area contributed by atoms with Crippen molar-refractivity contribution in [1.82, 2.24) is 0 Å². The van der Waals surface area contributed by atoms with Crippen LogP contribution in [0.4, 0.5) is 0 Å². The second kappa shape index (κ2) is 5.37. The van der Waals surface area contributed by atoms with Gasteiger partial charge in [0.25, 0.3) is 0 Å². The van der Waals surface area contributed by atoms with E-state index >= 15 is 0 Å². The molecule has 88 valence electrons. The number of hydrogen-bond acceptors (Lipinski definition) is 4. The van der Waals surface area contributed by atoms with Gasteiger partial charge in [0, 0.05) is 12.7 Å². The summed E-state index contributed by atoms with van der Waals surface area (Å²) in [5.74, 6) is -0.225. The maximum absolute atomic E-state index is 11.0. The molecule has 0 spiro atoms. The molecule has 0 aliphatic carbocycles. The predicted molar refractivity (Wildman–Crippen MR) is 56.9 cm³/mol. The average molecular weight is 226 g/mol. The lowest BCUT2D eigenvalue weighted by molar-refractivity contribution is -0.149. The number of benzene rings is 1. The van der Waals surface area contributed by atoms with Crippen LogP contribution in [0.3, 0.4) is 0 Å². The number of carboxylic acids is 1. The van der Waals surface area contributed by atoms with Gasteiger partial charge in [-0.05, 0) is 6.07 Å². The van der Waals surface area contributed by atoms with Crippen LogP contribution in [-0.4, -0.2) is 32.4 Å². The lowest BCUT2D eigenvalue weighted by Gasteiger charge is -2.16. The summed E-state index contributed by atoms with van der Waals surface area (Å²) in [5.41, 5.74) is 0.428. The molecular weight excluding hydrogens is 212 g/mol. The molecule has 0 saturated carbocycles. The number of methoxy groups -OCH3 is 3. The molecule has 5 heteroatoms. The molecule has 0 aromatic heterocycles. The first-order chi connectivity index (χ1) is 7.65. The fourth-order valence-corrected chi connectivity index (χ4v) is 1.48. The minimum absolute atomic E-state index is 0.374. The molecule has 16 heavy (non-hydrogen) atoms. The van der Waals surface area contributed by atoms with Gasteiger partial charge in [-0.15, -0.1) is 0 Å². The van der Waals surface area contributed by atoms with Gasteiger partial charge in [0.2, 0.25) is 0 Å². The maximum Gasteiger partial charge on any atom is 0.337 e. The van der Waals surface area contributed by atoms with Crippen molar-refractivity contribution in [3.8, 4) is 11.5 Å². The quantitative estimate of drug-likeness (QED) is 0.823. The monoisotopic (exact) mass is 226 g/mol. The van der Waals surface area contributed by atoms with E-state index in [4.69, 9.17) is 19.3 Å².